The fourth-order valence-corrected chi connectivity index (χ4v) is 2.64. The fraction of sp³-hybridized carbons (Fsp3) is 1.00. The summed E-state index contributed by atoms with van der Waals surface area (Å²) in [5, 5.41) is 0.194. The van der Waals surface area contributed by atoms with E-state index in [1.54, 1.807) is 0 Å². The average Bonchev–Trinajstić information content (AvgIpc) is 2.46. The third-order valence-electron chi connectivity index (χ3n) is 3.94. The maximum atomic E-state index is 4.76. The highest BCUT2D eigenvalue weighted by Crippen LogP contribution is 2.16. The van der Waals surface area contributed by atoms with E-state index in [-0.39, 0.29) is 17.7 Å². The SMILES string of the molecule is CCCC[N+](CCCC)(CCCC)CCCC.ClCCl.[Cl-]. The van der Waals surface area contributed by atoms with Crippen molar-refractivity contribution in [2.45, 2.75) is 79.1 Å². The summed E-state index contributed by atoms with van der Waals surface area (Å²) in [4.78, 5) is 0. The molecular formula is C17H38Cl3N. The Kier molecular flexibility index (Phi) is 26.5. The largest absolute Gasteiger partial charge is 1.00 e. The first-order valence-electron chi connectivity index (χ1n) is 8.63. The van der Waals surface area contributed by atoms with Crippen LogP contribution < -0.4 is 12.4 Å². The highest BCUT2D eigenvalue weighted by Gasteiger charge is 2.24. The summed E-state index contributed by atoms with van der Waals surface area (Å²) in [6.45, 7) is 15.0. The summed E-state index contributed by atoms with van der Waals surface area (Å²) >= 11 is 9.53. The lowest BCUT2D eigenvalue weighted by Crippen LogP contribution is -3.00. The molecule has 0 amide bonds. The predicted molar refractivity (Wildman–Crippen MR) is 95.9 cm³/mol. The van der Waals surface area contributed by atoms with Gasteiger partial charge in [0.2, 0.25) is 0 Å². The molecule has 0 rings (SSSR count). The molecule has 0 aromatic heterocycles. The summed E-state index contributed by atoms with van der Waals surface area (Å²) in [5.74, 6) is 0. The van der Waals surface area contributed by atoms with Crippen LogP contribution in [0.1, 0.15) is 79.1 Å². The van der Waals surface area contributed by atoms with Crippen molar-refractivity contribution in [3.05, 3.63) is 0 Å². The second kappa shape index (κ2) is 20.8. The monoisotopic (exact) mass is 361 g/mol. The molecule has 4 heteroatoms. The Morgan fingerprint density at radius 1 is 0.571 bits per heavy atom. The number of unbranched alkanes of at least 4 members (excludes halogenated alkanes) is 4. The van der Waals surface area contributed by atoms with Crippen molar-refractivity contribution in [2.24, 2.45) is 0 Å². The zero-order chi connectivity index (χ0) is 15.7. The Hall–Kier alpha value is 0.830. The molecular weight excluding hydrogens is 325 g/mol. The number of hydrogen-bond acceptors (Lipinski definition) is 0. The van der Waals surface area contributed by atoms with Gasteiger partial charge >= 0.3 is 0 Å². The van der Waals surface area contributed by atoms with Crippen LogP contribution in [0, 0.1) is 0 Å². The maximum Gasteiger partial charge on any atom is 0.0967 e. The van der Waals surface area contributed by atoms with Crippen molar-refractivity contribution >= 4 is 23.2 Å². The third kappa shape index (κ3) is 17.0. The van der Waals surface area contributed by atoms with Gasteiger partial charge in [0.1, 0.15) is 0 Å². The molecule has 21 heavy (non-hydrogen) atoms. The molecule has 0 saturated heterocycles. The van der Waals surface area contributed by atoms with Gasteiger partial charge in [-0.15, -0.1) is 23.2 Å². The first-order valence-corrected chi connectivity index (χ1v) is 9.70. The van der Waals surface area contributed by atoms with Gasteiger partial charge in [0.15, 0.2) is 0 Å². The molecule has 132 valence electrons. The van der Waals surface area contributed by atoms with E-state index in [1.807, 2.05) is 0 Å². The molecule has 0 fully saturated rings. The van der Waals surface area contributed by atoms with Crippen molar-refractivity contribution < 1.29 is 16.9 Å². The molecule has 0 aromatic rings. The van der Waals surface area contributed by atoms with Gasteiger partial charge in [-0.25, -0.2) is 0 Å². The molecule has 0 aliphatic rings. The van der Waals surface area contributed by atoms with Crippen molar-refractivity contribution in [2.75, 3.05) is 31.5 Å². The van der Waals surface area contributed by atoms with Crippen LogP contribution in [0.4, 0.5) is 0 Å². The van der Waals surface area contributed by atoms with E-state index >= 15 is 0 Å². The van der Waals surface area contributed by atoms with Crippen LogP contribution in [0.5, 0.6) is 0 Å². The number of rotatable bonds is 12. The van der Waals surface area contributed by atoms with Crippen molar-refractivity contribution in [1.29, 1.82) is 0 Å². The minimum absolute atomic E-state index is 0. The first-order chi connectivity index (χ1) is 9.66. The van der Waals surface area contributed by atoms with E-state index in [9.17, 15) is 0 Å². The van der Waals surface area contributed by atoms with Crippen molar-refractivity contribution in [3.63, 3.8) is 0 Å². The van der Waals surface area contributed by atoms with Gasteiger partial charge in [-0.1, -0.05) is 53.4 Å². The lowest BCUT2D eigenvalue weighted by Gasteiger charge is -2.39. The minimum Gasteiger partial charge on any atom is -1.00 e. The molecule has 0 N–H and O–H groups in total. The normalized spacial score (nSPS) is 10.6. The van der Waals surface area contributed by atoms with Gasteiger partial charge < -0.3 is 16.9 Å². The smallest absolute Gasteiger partial charge is 0.0967 e. The standard InChI is InChI=1S/C16H36N.CH2Cl2.ClH/c1-5-9-13-17(14-10-6-2,15-11-7-3)16-12-8-4;2-1-3;/h5-16H2,1-4H3;1H2;1H/q+1;;/p-1. The lowest BCUT2D eigenvalue weighted by atomic mass is 10.1. The van der Waals surface area contributed by atoms with Crippen LogP contribution >= 0.6 is 23.2 Å². The van der Waals surface area contributed by atoms with Crippen LogP contribution in [0.15, 0.2) is 0 Å². The Labute approximate surface area is 150 Å². The van der Waals surface area contributed by atoms with Crippen LogP contribution in [0.2, 0.25) is 0 Å². The number of alkyl halides is 2. The summed E-state index contributed by atoms with van der Waals surface area (Å²) in [5.41, 5.74) is 0. The molecule has 0 radical (unpaired) electrons. The van der Waals surface area contributed by atoms with E-state index in [0.717, 1.165) is 0 Å². The molecule has 0 unspecified atom stereocenters. The molecule has 0 aliphatic carbocycles. The molecule has 0 heterocycles. The zero-order valence-electron chi connectivity index (χ0n) is 14.8. The molecule has 0 aromatic carbocycles. The van der Waals surface area contributed by atoms with Gasteiger partial charge in [-0.3, -0.25) is 0 Å². The van der Waals surface area contributed by atoms with Crippen LogP contribution in [0.3, 0.4) is 0 Å². The average molecular weight is 363 g/mol. The highest BCUT2D eigenvalue weighted by molar-refractivity contribution is 6.40. The second-order valence-electron chi connectivity index (χ2n) is 5.75. The molecule has 0 saturated carbocycles. The van der Waals surface area contributed by atoms with E-state index in [4.69, 9.17) is 23.2 Å². The van der Waals surface area contributed by atoms with Gasteiger partial charge in [-0.05, 0) is 25.7 Å². The van der Waals surface area contributed by atoms with Crippen molar-refractivity contribution in [3.8, 4) is 0 Å². The number of hydrogen-bond donors (Lipinski definition) is 0. The van der Waals surface area contributed by atoms with E-state index < -0.39 is 0 Å². The molecule has 0 atom stereocenters. The maximum absolute atomic E-state index is 4.76. The quantitative estimate of drug-likeness (QED) is 0.368. The van der Waals surface area contributed by atoms with Gasteiger partial charge in [0.05, 0.1) is 31.5 Å². The Balaban J connectivity index is -0.000000740. The summed E-state index contributed by atoms with van der Waals surface area (Å²) in [6.07, 6.45) is 11.1. The molecule has 0 aliphatic heterocycles. The second-order valence-corrected chi connectivity index (χ2v) is 6.56. The van der Waals surface area contributed by atoms with Gasteiger partial charge in [-0.2, -0.15) is 0 Å². The third-order valence-corrected chi connectivity index (χ3v) is 3.94. The van der Waals surface area contributed by atoms with Crippen LogP contribution in [0.25, 0.3) is 0 Å². The molecule has 0 bridgehead atoms. The summed E-state index contributed by atoms with van der Waals surface area (Å²) in [6, 6.07) is 0. The summed E-state index contributed by atoms with van der Waals surface area (Å²) < 4.78 is 1.42. The van der Waals surface area contributed by atoms with E-state index in [2.05, 4.69) is 27.7 Å². The molecule has 0 spiro atoms. The number of nitrogens with zero attached hydrogens (tertiary/aromatic N) is 1. The highest BCUT2D eigenvalue weighted by atomic mass is 35.5. The lowest BCUT2D eigenvalue weighted by molar-refractivity contribution is -0.929. The minimum atomic E-state index is 0. The Morgan fingerprint density at radius 2 is 0.762 bits per heavy atom. The zero-order valence-corrected chi connectivity index (χ0v) is 17.0. The molecule has 1 nitrogen and oxygen atoms in total. The van der Waals surface area contributed by atoms with E-state index in [1.165, 1.54) is 82.0 Å². The van der Waals surface area contributed by atoms with Gasteiger partial charge in [0, 0.05) is 0 Å². The Bertz CT molecular complexity index is 140. The van der Waals surface area contributed by atoms with E-state index in [0.29, 0.717) is 0 Å². The van der Waals surface area contributed by atoms with Crippen LogP contribution in [-0.2, 0) is 0 Å². The van der Waals surface area contributed by atoms with Crippen LogP contribution in [-0.4, -0.2) is 36.0 Å². The number of halogens is 3. The Morgan fingerprint density at radius 3 is 0.905 bits per heavy atom. The predicted octanol–water partition coefficient (Wildman–Crippen LogP) is 3.43. The van der Waals surface area contributed by atoms with Gasteiger partial charge in [0.25, 0.3) is 0 Å². The fourth-order valence-electron chi connectivity index (χ4n) is 2.64. The topological polar surface area (TPSA) is 0 Å². The van der Waals surface area contributed by atoms with Crippen molar-refractivity contribution in [1.82, 2.24) is 0 Å². The first kappa shape index (κ1) is 26.7. The summed E-state index contributed by atoms with van der Waals surface area (Å²) in [7, 11) is 0. The number of quaternary nitrogens is 1.